The second kappa shape index (κ2) is 6.52. The van der Waals surface area contributed by atoms with Gasteiger partial charge in [0.15, 0.2) is 0 Å². The van der Waals surface area contributed by atoms with E-state index in [0.717, 1.165) is 0 Å². The lowest BCUT2D eigenvalue weighted by Crippen LogP contribution is -2.27. The van der Waals surface area contributed by atoms with Gasteiger partial charge in [0.05, 0.1) is 0 Å². The fourth-order valence-electron chi connectivity index (χ4n) is 3.14. The van der Waals surface area contributed by atoms with Gasteiger partial charge in [-0.15, -0.1) is 0 Å². The Labute approximate surface area is 132 Å². The number of rotatable bonds is 4. The number of benzene rings is 1. The van der Waals surface area contributed by atoms with Gasteiger partial charge in [-0.05, 0) is 92.8 Å². The summed E-state index contributed by atoms with van der Waals surface area (Å²) in [5.74, 6) is 0.677. The molecule has 1 aromatic carbocycles. The van der Waals surface area contributed by atoms with Crippen molar-refractivity contribution in [2.75, 3.05) is 7.05 Å². The van der Waals surface area contributed by atoms with Crippen LogP contribution in [0.4, 0.5) is 0 Å². The first-order chi connectivity index (χ1) is 9.52. The van der Waals surface area contributed by atoms with Crippen LogP contribution in [0.3, 0.4) is 0 Å². The maximum Gasteiger partial charge on any atom is 0.0325 e. The van der Waals surface area contributed by atoms with E-state index >= 15 is 0 Å². The number of nitrogens with one attached hydrogen (secondary N) is 1. The van der Waals surface area contributed by atoms with E-state index < -0.39 is 0 Å². The van der Waals surface area contributed by atoms with Crippen molar-refractivity contribution in [3.8, 4) is 0 Å². The Bertz CT molecular complexity index is 477. The topological polar surface area (TPSA) is 12.0 Å². The Morgan fingerprint density at radius 1 is 0.810 bits per heavy atom. The number of hydrogen-bond acceptors (Lipinski definition) is 1. The van der Waals surface area contributed by atoms with Gasteiger partial charge < -0.3 is 5.32 Å². The van der Waals surface area contributed by atoms with E-state index in [9.17, 15) is 0 Å². The lowest BCUT2D eigenvalue weighted by molar-refractivity contribution is 0.225. The summed E-state index contributed by atoms with van der Waals surface area (Å²) in [7, 11) is 2.10. The van der Waals surface area contributed by atoms with Crippen molar-refractivity contribution in [3.63, 3.8) is 0 Å². The Kier molecular flexibility index (Phi) is 5.66. The van der Waals surface area contributed by atoms with Crippen LogP contribution in [-0.2, 0) is 0 Å². The van der Waals surface area contributed by atoms with E-state index in [1.807, 2.05) is 0 Å². The van der Waals surface area contributed by atoms with Crippen molar-refractivity contribution in [1.82, 2.24) is 5.32 Å². The molecule has 2 unspecified atom stereocenters. The monoisotopic (exact) mass is 289 g/mol. The van der Waals surface area contributed by atoms with Gasteiger partial charge in [-0.25, -0.2) is 0 Å². The molecule has 1 nitrogen and oxygen atoms in total. The first-order valence-corrected chi connectivity index (χ1v) is 8.26. The van der Waals surface area contributed by atoms with Crippen molar-refractivity contribution < 1.29 is 0 Å². The van der Waals surface area contributed by atoms with Crippen LogP contribution < -0.4 is 5.32 Å². The summed E-state index contributed by atoms with van der Waals surface area (Å²) in [6, 6.07) is 0.442. The van der Waals surface area contributed by atoms with Crippen LogP contribution in [0.2, 0.25) is 0 Å². The molecular weight excluding hydrogens is 254 g/mol. The van der Waals surface area contributed by atoms with Crippen LogP contribution in [-0.4, -0.2) is 7.05 Å². The molecule has 0 aliphatic heterocycles. The van der Waals surface area contributed by atoms with Gasteiger partial charge in [-0.3, -0.25) is 0 Å². The van der Waals surface area contributed by atoms with E-state index in [1.165, 1.54) is 39.8 Å². The van der Waals surface area contributed by atoms with Gasteiger partial charge in [0.2, 0.25) is 0 Å². The molecule has 2 atom stereocenters. The molecule has 0 saturated carbocycles. The molecule has 0 bridgehead atoms. The third-order valence-corrected chi connectivity index (χ3v) is 5.82. The maximum absolute atomic E-state index is 3.58. The van der Waals surface area contributed by atoms with Crippen LogP contribution >= 0.6 is 0 Å². The van der Waals surface area contributed by atoms with Gasteiger partial charge in [-0.2, -0.15) is 0 Å². The van der Waals surface area contributed by atoms with Crippen LogP contribution in [0.5, 0.6) is 0 Å². The minimum absolute atomic E-state index is 0.353. The minimum atomic E-state index is 0.353. The third kappa shape index (κ3) is 3.69. The molecular formula is C20H35N. The first-order valence-electron chi connectivity index (χ1n) is 8.26. The normalized spacial score (nSPS) is 15.1. The van der Waals surface area contributed by atoms with Crippen molar-refractivity contribution in [2.24, 2.45) is 11.3 Å². The summed E-state index contributed by atoms with van der Waals surface area (Å²) in [5.41, 5.74) is 9.17. The molecule has 21 heavy (non-hydrogen) atoms. The lowest BCUT2D eigenvalue weighted by Gasteiger charge is -2.33. The number of hydrogen-bond donors (Lipinski definition) is 1. The van der Waals surface area contributed by atoms with Crippen LogP contribution in [0.1, 0.15) is 73.5 Å². The average Bonchev–Trinajstić information content (AvgIpc) is 2.40. The van der Waals surface area contributed by atoms with E-state index in [2.05, 4.69) is 74.7 Å². The smallest absolute Gasteiger partial charge is 0.0325 e. The second-order valence-corrected chi connectivity index (χ2v) is 7.88. The molecule has 0 heterocycles. The highest BCUT2D eigenvalue weighted by Gasteiger charge is 2.26. The summed E-state index contributed by atoms with van der Waals surface area (Å²) in [5, 5.41) is 3.58. The predicted octanol–water partition coefficient (Wildman–Crippen LogP) is 5.56. The van der Waals surface area contributed by atoms with Crippen LogP contribution in [0.25, 0.3) is 0 Å². The van der Waals surface area contributed by atoms with Gasteiger partial charge in [0.1, 0.15) is 0 Å². The molecule has 0 spiro atoms. The fraction of sp³-hybridized carbons (Fsp3) is 0.700. The molecule has 120 valence electrons. The molecule has 0 radical (unpaired) electrons. The quantitative estimate of drug-likeness (QED) is 0.765. The van der Waals surface area contributed by atoms with E-state index in [-0.39, 0.29) is 0 Å². The Balaban J connectivity index is 3.30. The molecule has 0 fully saturated rings. The first kappa shape index (κ1) is 18.2. The Morgan fingerprint density at radius 3 is 1.52 bits per heavy atom. The fourth-order valence-corrected chi connectivity index (χ4v) is 3.14. The molecule has 1 heteroatoms. The molecule has 0 aliphatic carbocycles. The van der Waals surface area contributed by atoms with Gasteiger partial charge in [-0.1, -0.05) is 27.7 Å². The van der Waals surface area contributed by atoms with Crippen LogP contribution in [0, 0.1) is 46.0 Å². The largest absolute Gasteiger partial charge is 0.313 e. The van der Waals surface area contributed by atoms with Crippen molar-refractivity contribution >= 4 is 0 Å². The maximum atomic E-state index is 3.58. The molecule has 0 aromatic heterocycles. The van der Waals surface area contributed by atoms with Gasteiger partial charge in [0.25, 0.3) is 0 Å². The summed E-state index contributed by atoms with van der Waals surface area (Å²) in [6.45, 7) is 20.8. The molecule has 1 aromatic rings. The standard InChI is InChI=1S/C20H35N/c1-12(20(7,8)9)11-18(21-10)19-16(5)14(3)13(2)15(4)17(19)6/h12,18,21H,11H2,1-10H3. The zero-order valence-electron chi connectivity index (χ0n) is 15.9. The molecule has 1 N–H and O–H groups in total. The summed E-state index contributed by atoms with van der Waals surface area (Å²) in [4.78, 5) is 0. The predicted molar refractivity (Wildman–Crippen MR) is 95.2 cm³/mol. The molecule has 0 aliphatic rings. The molecule has 1 rings (SSSR count). The summed E-state index contributed by atoms with van der Waals surface area (Å²) in [6.07, 6.45) is 1.18. The highest BCUT2D eigenvalue weighted by Crippen LogP contribution is 2.37. The van der Waals surface area contributed by atoms with Gasteiger partial charge in [0, 0.05) is 6.04 Å². The second-order valence-electron chi connectivity index (χ2n) is 7.88. The van der Waals surface area contributed by atoms with E-state index in [0.29, 0.717) is 17.4 Å². The molecule has 0 amide bonds. The highest BCUT2D eigenvalue weighted by atomic mass is 14.9. The third-order valence-electron chi connectivity index (χ3n) is 5.82. The van der Waals surface area contributed by atoms with E-state index in [4.69, 9.17) is 0 Å². The van der Waals surface area contributed by atoms with Gasteiger partial charge >= 0.3 is 0 Å². The van der Waals surface area contributed by atoms with Crippen LogP contribution in [0.15, 0.2) is 0 Å². The SMILES string of the molecule is CNC(CC(C)C(C)(C)C)c1c(C)c(C)c(C)c(C)c1C. The van der Waals surface area contributed by atoms with E-state index in [1.54, 1.807) is 0 Å². The Morgan fingerprint density at radius 2 is 1.19 bits per heavy atom. The summed E-state index contributed by atoms with van der Waals surface area (Å²) < 4.78 is 0. The zero-order valence-corrected chi connectivity index (χ0v) is 15.9. The molecule has 0 saturated heterocycles. The van der Waals surface area contributed by atoms with Crippen molar-refractivity contribution in [2.45, 2.75) is 74.8 Å². The summed E-state index contributed by atoms with van der Waals surface area (Å²) >= 11 is 0. The average molecular weight is 290 g/mol. The highest BCUT2D eigenvalue weighted by molar-refractivity contribution is 5.50. The zero-order chi connectivity index (χ0) is 16.5. The van der Waals surface area contributed by atoms with Crippen molar-refractivity contribution in [3.05, 3.63) is 33.4 Å². The van der Waals surface area contributed by atoms with Crippen molar-refractivity contribution in [1.29, 1.82) is 0 Å². The lowest BCUT2D eigenvalue weighted by atomic mass is 9.76. The Hall–Kier alpha value is -0.820. The minimum Gasteiger partial charge on any atom is -0.313 e.